The number of amides is 1. The lowest BCUT2D eigenvalue weighted by Gasteiger charge is -2.33. The Balaban J connectivity index is 2.17. The van der Waals surface area contributed by atoms with Crippen molar-refractivity contribution in [3.05, 3.63) is 29.8 Å². The van der Waals surface area contributed by atoms with Crippen LogP contribution in [-0.2, 0) is 4.79 Å². The van der Waals surface area contributed by atoms with Crippen LogP contribution in [0.1, 0.15) is 38.3 Å². The van der Waals surface area contributed by atoms with Gasteiger partial charge in [-0.2, -0.15) is 0 Å². The van der Waals surface area contributed by atoms with Gasteiger partial charge in [-0.3, -0.25) is 4.79 Å². The molecule has 2 rings (SSSR count). The van der Waals surface area contributed by atoms with Crippen molar-refractivity contribution < 1.29 is 9.90 Å². The number of carbonyl (C=O) groups is 1. The molecule has 2 atom stereocenters. The minimum absolute atomic E-state index is 0.0641. The lowest BCUT2D eigenvalue weighted by atomic mass is 9.94. The van der Waals surface area contributed by atoms with E-state index in [0.717, 1.165) is 18.4 Å². The number of likely N-dealkylation sites (N-methyl/N-ethyl adjacent to an activating group) is 1. The molecule has 19 heavy (non-hydrogen) atoms. The summed E-state index contributed by atoms with van der Waals surface area (Å²) in [4.78, 5) is 14.1. The zero-order valence-corrected chi connectivity index (χ0v) is 11.8. The summed E-state index contributed by atoms with van der Waals surface area (Å²) in [5.74, 6) is 0.435. The molecule has 1 aromatic rings. The van der Waals surface area contributed by atoms with E-state index in [0.29, 0.717) is 5.92 Å². The number of aromatic hydroxyl groups is 1. The van der Waals surface area contributed by atoms with E-state index < -0.39 is 5.54 Å². The smallest absolute Gasteiger partial charge is 0.242 e. The van der Waals surface area contributed by atoms with Gasteiger partial charge in [0.25, 0.3) is 0 Å². The van der Waals surface area contributed by atoms with Crippen LogP contribution in [0.2, 0.25) is 0 Å². The molecule has 0 radical (unpaired) electrons. The number of nitrogens with zero attached hydrogens (tertiary/aromatic N) is 1. The maximum Gasteiger partial charge on any atom is 0.242 e. The standard InChI is InChI=1S/C15H22N2O2/c1-10(12-6-4-5-7-13(12)18)17(3)14(19)15(2,16)11-8-9-11/h4-7,10-11,18H,8-9,16H2,1-3H3. The second-order valence-electron chi connectivity index (χ2n) is 5.71. The maximum atomic E-state index is 12.5. The highest BCUT2D eigenvalue weighted by Crippen LogP contribution is 2.40. The molecule has 0 heterocycles. The molecule has 3 N–H and O–H groups in total. The molecule has 0 spiro atoms. The summed E-state index contributed by atoms with van der Waals surface area (Å²) < 4.78 is 0. The van der Waals surface area contributed by atoms with Crippen molar-refractivity contribution in [2.24, 2.45) is 11.7 Å². The Labute approximate surface area is 114 Å². The number of phenolic OH excluding ortho intramolecular Hbond substituents is 1. The fourth-order valence-electron chi connectivity index (χ4n) is 2.46. The van der Waals surface area contributed by atoms with Crippen molar-refractivity contribution in [2.45, 2.75) is 38.3 Å². The fourth-order valence-corrected chi connectivity index (χ4v) is 2.46. The van der Waals surface area contributed by atoms with Crippen molar-refractivity contribution in [2.75, 3.05) is 7.05 Å². The summed E-state index contributed by atoms with van der Waals surface area (Å²) in [6, 6.07) is 6.88. The highest BCUT2D eigenvalue weighted by Gasteiger charge is 2.46. The number of phenols is 1. The van der Waals surface area contributed by atoms with Crippen LogP contribution in [0.5, 0.6) is 5.75 Å². The molecule has 0 aromatic heterocycles. The molecule has 0 aliphatic heterocycles. The van der Waals surface area contributed by atoms with Crippen molar-refractivity contribution >= 4 is 5.91 Å². The summed E-state index contributed by atoms with van der Waals surface area (Å²) in [6.07, 6.45) is 2.05. The van der Waals surface area contributed by atoms with Crippen molar-refractivity contribution in [3.63, 3.8) is 0 Å². The van der Waals surface area contributed by atoms with Gasteiger partial charge in [-0.05, 0) is 38.7 Å². The van der Waals surface area contributed by atoms with Crippen LogP contribution in [0.15, 0.2) is 24.3 Å². The van der Waals surface area contributed by atoms with E-state index in [1.165, 1.54) is 0 Å². The minimum atomic E-state index is -0.798. The molecule has 104 valence electrons. The predicted octanol–water partition coefficient (Wildman–Crippen LogP) is 2.04. The summed E-state index contributed by atoms with van der Waals surface area (Å²) in [5, 5.41) is 9.87. The average molecular weight is 262 g/mol. The molecule has 4 heteroatoms. The number of carbonyl (C=O) groups excluding carboxylic acids is 1. The summed E-state index contributed by atoms with van der Waals surface area (Å²) in [7, 11) is 1.74. The largest absolute Gasteiger partial charge is 0.508 e. The van der Waals surface area contributed by atoms with Gasteiger partial charge in [-0.1, -0.05) is 18.2 Å². The zero-order valence-electron chi connectivity index (χ0n) is 11.8. The highest BCUT2D eigenvalue weighted by atomic mass is 16.3. The van der Waals surface area contributed by atoms with Crippen molar-refractivity contribution in [1.82, 2.24) is 4.90 Å². The molecule has 1 aliphatic carbocycles. The molecule has 2 unspecified atom stereocenters. The maximum absolute atomic E-state index is 12.5. The lowest BCUT2D eigenvalue weighted by Crippen LogP contribution is -2.54. The van der Waals surface area contributed by atoms with Gasteiger partial charge < -0.3 is 15.7 Å². The Bertz CT molecular complexity index is 481. The van der Waals surface area contributed by atoms with Gasteiger partial charge in [0.1, 0.15) is 5.75 Å². The van der Waals surface area contributed by atoms with Crippen LogP contribution >= 0.6 is 0 Å². The Morgan fingerprint density at radius 1 is 1.47 bits per heavy atom. The molecule has 1 saturated carbocycles. The van der Waals surface area contributed by atoms with E-state index in [4.69, 9.17) is 5.73 Å². The molecule has 4 nitrogen and oxygen atoms in total. The molecule has 1 amide bonds. The van der Waals surface area contributed by atoms with Gasteiger partial charge in [0.05, 0.1) is 11.6 Å². The Morgan fingerprint density at radius 3 is 2.58 bits per heavy atom. The predicted molar refractivity (Wildman–Crippen MR) is 74.6 cm³/mol. The van der Waals surface area contributed by atoms with E-state index in [1.807, 2.05) is 19.1 Å². The lowest BCUT2D eigenvalue weighted by molar-refractivity contribution is -0.137. The molecular weight excluding hydrogens is 240 g/mol. The van der Waals surface area contributed by atoms with Crippen LogP contribution in [0, 0.1) is 5.92 Å². The minimum Gasteiger partial charge on any atom is -0.508 e. The topological polar surface area (TPSA) is 66.6 Å². The first-order valence-electron chi connectivity index (χ1n) is 6.69. The Hall–Kier alpha value is -1.55. The number of para-hydroxylation sites is 1. The quantitative estimate of drug-likeness (QED) is 0.872. The first-order chi connectivity index (χ1) is 8.85. The second kappa shape index (κ2) is 4.85. The first-order valence-corrected chi connectivity index (χ1v) is 6.69. The SMILES string of the molecule is CC(c1ccccc1O)N(C)C(=O)C(C)(N)C1CC1. The molecule has 0 bridgehead atoms. The van der Waals surface area contributed by atoms with Crippen LogP contribution < -0.4 is 5.73 Å². The van der Waals surface area contributed by atoms with Crippen LogP contribution in [0.3, 0.4) is 0 Å². The summed E-state index contributed by atoms with van der Waals surface area (Å²) in [5.41, 5.74) is 6.11. The molecule has 1 aliphatic rings. The number of rotatable bonds is 4. The van der Waals surface area contributed by atoms with Gasteiger partial charge in [-0.25, -0.2) is 0 Å². The molecule has 1 aromatic carbocycles. The van der Waals surface area contributed by atoms with Crippen LogP contribution in [0.4, 0.5) is 0 Å². The van der Waals surface area contributed by atoms with Crippen LogP contribution in [-0.4, -0.2) is 28.5 Å². The number of hydrogen-bond acceptors (Lipinski definition) is 3. The first kappa shape index (κ1) is 13.9. The van der Waals surface area contributed by atoms with E-state index in [2.05, 4.69) is 0 Å². The average Bonchev–Trinajstić information content (AvgIpc) is 3.21. The summed E-state index contributed by atoms with van der Waals surface area (Å²) in [6.45, 7) is 3.71. The van der Waals surface area contributed by atoms with Crippen molar-refractivity contribution in [1.29, 1.82) is 0 Å². The third-order valence-corrected chi connectivity index (χ3v) is 4.17. The Kier molecular flexibility index (Phi) is 3.54. The van der Waals surface area contributed by atoms with Gasteiger partial charge in [-0.15, -0.1) is 0 Å². The van der Waals surface area contributed by atoms with E-state index in [-0.39, 0.29) is 17.7 Å². The van der Waals surface area contributed by atoms with E-state index in [9.17, 15) is 9.90 Å². The third kappa shape index (κ3) is 2.59. The number of benzene rings is 1. The van der Waals surface area contributed by atoms with Gasteiger partial charge >= 0.3 is 0 Å². The number of hydrogen-bond donors (Lipinski definition) is 2. The number of nitrogens with two attached hydrogens (primary N) is 1. The highest BCUT2D eigenvalue weighted by molar-refractivity contribution is 5.86. The fraction of sp³-hybridized carbons (Fsp3) is 0.533. The molecule has 0 saturated heterocycles. The zero-order chi connectivity index (χ0) is 14.2. The monoisotopic (exact) mass is 262 g/mol. The molecule has 1 fully saturated rings. The van der Waals surface area contributed by atoms with E-state index in [1.54, 1.807) is 31.0 Å². The second-order valence-corrected chi connectivity index (χ2v) is 5.71. The molecular formula is C15H22N2O2. The van der Waals surface area contributed by atoms with Crippen LogP contribution in [0.25, 0.3) is 0 Å². The normalized spacial score (nSPS) is 19.6. The van der Waals surface area contributed by atoms with Gasteiger partial charge in [0.15, 0.2) is 0 Å². The van der Waals surface area contributed by atoms with Crippen molar-refractivity contribution in [3.8, 4) is 5.75 Å². The third-order valence-electron chi connectivity index (χ3n) is 4.17. The van der Waals surface area contributed by atoms with Gasteiger partial charge in [0.2, 0.25) is 5.91 Å². The summed E-state index contributed by atoms with van der Waals surface area (Å²) >= 11 is 0. The van der Waals surface area contributed by atoms with E-state index >= 15 is 0 Å². The Morgan fingerprint density at radius 2 is 2.05 bits per heavy atom. The van der Waals surface area contributed by atoms with Gasteiger partial charge in [0, 0.05) is 12.6 Å².